The molecule has 1 aromatic carbocycles. The third-order valence-electron chi connectivity index (χ3n) is 2.56. The van der Waals surface area contributed by atoms with Gasteiger partial charge in [0.25, 0.3) is 0 Å². The van der Waals surface area contributed by atoms with E-state index >= 15 is 0 Å². The van der Waals surface area contributed by atoms with Crippen LogP contribution in [0.15, 0.2) is 22.7 Å². The summed E-state index contributed by atoms with van der Waals surface area (Å²) in [6.07, 6.45) is 1.26. The number of carboxylic acids is 1. The summed E-state index contributed by atoms with van der Waals surface area (Å²) in [4.78, 5) is 24.2. The van der Waals surface area contributed by atoms with Crippen molar-refractivity contribution in [1.82, 2.24) is 0 Å². The van der Waals surface area contributed by atoms with E-state index in [1.165, 1.54) is 11.0 Å². The van der Waals surface area contributed by atoms with Crippen LogP contribution < -0.4 is 4.90 Å². The Morgan fingerprint density at radius 1 is 1.44 bits per heavy atom. The SMILES string of the molecule is O=C(O)c1cccc(Br)c1N1CCCC1=O. The number of carbonyl (C=O) groups is 2. The van der Waals surface area contributed by atoms with Crippen molar-refractivity contribution in [1.29, 1.82) is 0 Å². The Kier molecular flexibility index (Phi) is 2.96. The molecule has 0 aliphatic carbocycles. The van der Waals surface area contributed by atoms with E-state index in [9.17, 15) is 9.59 Å². The minimum Gasteiger partial charge on any atom is -0.478 e. The van der Waals surface area contributed by atoms with Crippen LogP contribution in [0.4, 0.5) is 5.69 Å². The van der Waals surface area contributed by atoms with Gasteiger partial charge in [0.05, 0.1) is 11.3 Å². The highest BCUT2D eigenvalue weighted by Gasteiger charge is 2.27. The summed E-state index contributed by atoms with van der Waals surface area (Å²) in [6.45, 7) is 0.585. The standard InChI is InChI=1S/C11H10BrNO3/c12-8-4-1-3-7(11(15)16)10(8)13-6-2-5-9(13)14/h1,3-4H,2,5-6H2,(H,15,16). The zero-order valence-corrected chi connectivity index (χ0v) is 10.0. The van der Waals surface area contributed by atoms with Gasteiger partial charge in [-0.3, -0.25) is 4.79 Å². The molecule has 4 nitrogen and oxygen atoms in total. The van der Waals surface area contributed by atoms with Crippen molar-refractivity contribution in [3.63, 3.8) is 0 Å². The van der Waals surface area contributed by atoms with Crippen LogP contribution >= 0.6 is 15.9 Å². The first-order valence-corrected chi connectivity index (χ1v) is 5.72. The molecular weight excluding hydrogens is 274 g/mol. The summed E-state index contributed by atoms with van der Waals surface area (Å²) in [5.74, 6) is -1.04. The lowest BCUT2D eigenvalue weighted by atomic mass is 10.1. The molecule has 5 heteroatoms. The van der Waals surface area contributed by atoms with Gasteiger partial charge in [-0.05, 0) is 34.5 Å². The molecule has 16 heavy (non-hydrogen) atoms. The molecule has 0 bridgehead atoms. The van der Waals surface area contributed by atoms with Crippen LogP contribution in [-0.2, 0) is 4.79 Å². The molecule has 1 saturated heterocycles. The van der Waals surface area contributed by atoms with Crippen molar-refractivity contribution in [3.8, 4) is 0 Å². The summed E-state index contributed by atoms with van der Waals surface area (Å²) in [5, 5.41) is 9.08. The Morgan fingerprint density at radius 2 is 2.19 bits per heavy atom. The quantitative estimate of drug-likeness (QED) is 0.906. The molecule has 1 aliphatic heterocycles. The number of hydrogen-bond donors (Lipinski definition) is 1. The number of carboxylic acid groups (broad SMARTS) is 1. The minimum absolute atomic E-state index is 0.0191. The van der Waals surface area contributed by atoms with Crippen LogP contribution in [0.1, 0.15) is 23.2 Å². The zero-order valence-electron chi connectivity index (χ0n) is 8.44. The Bertz CT molecular complexity index is 459. The monoisotopic (exact) mass is 283 g/mol. The maximum absolute atomic E-state index is 11.6. The normalized spacial score (nSPS) is 15.6. The first kappa shape index (κ1) is 11.1. The van der Waals surface area contributed by atoms with E-state index in [0.29, 0.717) is 23.1 Å². The molecule has 0 radical (unpaired) electrons. The molecule has 84 valence electrons. The highest BCUT2D eigenvalue weighted by atomic mass is 79.9. The molecule has 0 atom stereocenters. The average molecular weight is 284 g/mol. The number of aromatic carboxylic acids is 1. The highest BCUT2D eigenvalue weighted by Crippen LogP contribution is 2.33. The van der Waals surface area contributed by atoms with Gasteiger partial charge in [-0.1, -0.05) is 6.07 Å². The van der Waals surface area contributed by atoms with Crippen molar-refractivity contribution >= 4 is 33.5 Å². The van der Waals surface area contributed by atoms with Gasteiger partial charge < -0.3 is 10.0 Å². The maximum atomic E-state index is 11.6. The fourth-order valence-corrected chi connectivity index (χ4v) is 2.43. The van der Waals surface area contributed by atoms with E-state index in [-0.39, 0.29) is 11.5 Å². The first-order chi connectivity index (χ1) is 7.61. The molecule has 1 aromatic rings. The molecule has 1 heterocycles. The minimum atomic E-state index is -1.02. The summed E-state index contributed by atoms with van der Waals surface area (Å²) in [7, 11) is 0. The lowest BCUT2D eigenvalue weighted by Crippen LogP contribution is -2.26. The smallest absolute Gasteiger partial charge is 0.337 e. The summed E-state index contributed by atoms with van der Waals surface area (Å²) < 4.78 is 0.641. The third-order valence-corrected chi connectivity index (χ3v) is 3.20. The van der Waals surface area contributed by atoms with E-state index in [1.54, 1.807) is 12.1 Å². The molecular formula is C11H10BrNO3. The molecule has 1 amide bonds. The highest BCUT2D eigenvalue weighted by molar-refractivity contribution is 9.10. The van der Waals surface area contributed by atoms with Crippen LogP contribution in [0.5, 0.6) is 0 Å². The molecule has 0 unspecified atom stereocenters. The van der Waals surface area contributed by atoms with Crippen LogP contribution in [0.3, 0.4) is 0 Å². The predicted molar refractivity (Wildman–Crippen MR) is 62.7 cm³/mol. The van der Waals surface area contributed by atoms with Gasteiger partial charge in [-0.15, -0.1) is 0 Å². The molecule has 1 aliphatic rings. The van der Waals surface area contributed by atoms with Crippen LogP contribution in [0.25, 0.3) is 0 Å². The van der Waals surface area contributed by atoms with Gasteiger partial charge in [0, 0.05) is 17.4 Å². The summed E-state index contributed by atoms with van der Waals surface area (Å²) >= 11 is 3.30. The molecule has 0 aromatic heterocycles. The topological polar surface area (TPSA) is 57.6 Å². The summed E-state index contributed by atoms with van der Waals surface area (Å²) in [6, 6.07) is 4.90. The van der Waals surface area contributed by atoms with Gasteiger partial charge in [-0.2, -0.15) is 0 Å². The lowest BCUT2D eigenvalue weighted by molar-refractivity contribution is -0.117. The number of hydrogen-bond acceptors (Lipinski definition) is 2. The van der Waals surface area contributed by atoms with Gasteiger partial charge in [-0.25, -0.2) is 4.79 Å². The van der Waals surface area contributed by atoms with Crippen molar-refractivity contribution in [2.24, 2.45) is 0 Å². The second kappa shape index (κ2) is 4.25. The van der Waals surface area contributed by atoms with Crippen LogP contribution in [0, 0.1) is 0 Å². The largest absolute Gasteiger partial charge is 0.478 e. The third kappa shape index (κ3) is 1.82. The second-order valence-electron chi connectivity index (χ2n) is 3.59. The van der Waals surface area contributed by atoms with Gasteiger partial charge in [0.1, 0.15) is 0 Å². The van der Waals surface area contributed by atoms with Gasteiger partial charge in [0.15, 0.2) is 0 Å². The molecule has 0 saturated carbocycles. The van der Waals surface area contributed by atoms with Crippen LogP contribution in [-0.4, -0.2) is 23.5 Å². The number of rotatable bonds is 2. The molecule has 2 rings (SSSR count). The van der Waals surface area contributed by atoms with Gasteiger partial charge >= 0.3 is 5.97 Å². The first-order valence-electron chi connectivity index (χ1n) is 4.93. The lowest BCUT2D eigenvalue weighted by Gasteiger charge is -2.19. The van der Waals surface area contributed by atoms with E-state index < -0.39 is 5.97 Å². The number of carbonyl (C=O) groups excluding carboxylic acids is 1. The summed E-state index contributed by atoms with van der Waals surface area (Å²) in [5.41, 5.74) is 0.627. The second-order valence-corrected chi connectivity index (χ2v) is 4.44. The van der Waals surface area contributed by atoms with Crippen molar-refractivity contribution in [3.05, 3.63) is 28.2 Å². The van der Waals surface area contributed by atoms with Crippen molar-refractivity contribution in [2.45, 2.75) is 12.8 Å². The Balaban J connectivity index is 2.53. The zero-order chi connectivity index (χ0) is 11.7. The molecule has 1 fully saturated rings. The average Bonchev–Trinajstić information content (AvgIpc) is 2.64. The number of anilines is 1. The molecule has 1 N–H and O–H groups in total. The number of halogens is 1. The van der Waals surface area contributed by atoms with E-state index in [0.717, 1.165) is 6.42 Å². The number of amides is 1. The molecule has 0 spiro atoms. The Morgan fingerprint density at radius 3 is 2.75 bits per heavy atom. The van der Waals surface area contributed by atoms with E-state index in [2.05, 4.69) is 15.9 Å². The number of nitrogens with zero attached hydrogens (tertiary/aromatic N) is 1. The Labute approximate surface area is 101 Å². The fraction of sp³-hybridized carbons (Fsp3) is 0.273. The predicted octanol–water partition coefficient (Wildman–Crippen LogP) is 2.27. The van der Waals surface area contributed by atoms with E-state index in [4.69, 9.17) is 5.11 Å². The maximum Gasteiger partial charge on any atom is 0.337 e. The number of para-hydroxylation sites is 1. The van der Waals surface area contributed by atoms with Crippen molar-refractivity contribution in [2.75, 3.05) is 11.4 Å². The van der Waals surface area contributed by atoms with Gasteiger partial charge in [0.2, 0.25) is 5.91 Å². The number of benzene rings is 1. The fourth-order valence-electron chi connectivity index (χ4n) is 1.85. The van der Waals surface area contributed by atoms with E-state index in [1.807, 2.05) is 0 Å². The van der Waals surface area contributed by atoms with Crippen LogP contribution in [0.2, 0.25) is 0 Å². The van der Waals surface area contributed by atoms with Crippen molar-refractivity contribution < 1.29 is 14.7 Å². The Hall–Kier alpha value is -1.36.